The van der Waals surface area contributed by atoms with Gasteiger partial charge in [0, 0.05) is 19.0 Å². The molecule has 0 fully saturated rings. The Kier molecular flexibility index (Phi) is 5.54. The molecule has 1 heterocycles. The number of carbonyl (C=O) groups is 2. The zero-order chi connectivity index (χ0) is 14.4. The van der Waals surface area contributed by atoms with Crippen molar-refractivity contribution in [3.05, 3.63) is 11.8 Å². The predicted octanol–water partition coefficient (Wildman–Crippen LogP) is 1.82. The van der Waals surface area contributed by atoms with Gasteiger partial charge in [-0.25, -0.2) is 0 Å². The van der Waals surface area contributed by atoms with Gasteiger partial charge in [-0.15, -0.1) is 0 Å². The van der Waals surface area contributed by atoms with E-state index in [4.69, 9.17) is 4.52 Å². The van der Waals surface area contributed by atoms with Crippen molar-refractivity contribution in [1.29, 1.82) is 0 Å². The summed E-state index contributed by atoms with van der Waals surface area (Å²) in [4.78, 5) is 25.1. The third kappa shape index (κ3) is 4.73. The third-order valence-corrected chi connectivity index (χ3v) is 2.80. The summed E-state index contributed by atoms with van der Waals surface area (Å²) < 4.78 is 4.84. The first kappa shape index (κ1) is 15.2. The van der Waals surface area contributed by atoms with Crippen LogP contribution >= 0.6 is 0 Å². The number of amides is 2. The number of nitrogens with zero attached hydrogens (tertiary/aromatic N) is 2. The average Bonchev–Trinajstić information content (AvgIpc) is 2.73. The molecule has 19 heavy (non-hydrogen) atoms. The number of hydrogen-bond donors (Lipinski definition) is 1. The zero-order valence-corrected chi connectivity index (χ0v) is 11.9. The molecule has 1 aromatic rings. The lowest BCUT2D eigenvalue weighted by molar-refractivity contribution is -0.136. The van der Waals surface area contributed by atoms with E-state index < -0.39 is 0 Å². The molecular formula is C13H21N3O3. The molecule has 1 aromatic heterocycles. The first-order valence-corrected chi connectivity index (χ1v) is 6.42. The molecule has 6 heteroatoms. The molecule has 0 radical (unpaired) electrons. The SMILES string of the molecule is CCCC(C)C(=O)N(C)CC(=O)Nc1cc(C)on1. The Labute approximate surface area is 113 Å². The third-order valence-electron chi connectivity index (χ3n) is 2.80. The van der Waals surface area contributed by atoms with E-state index in [0.717, 1.165) is 12.8 Å². The van der Waals surface area contributed by atoms with Crippen molar-refractivity contribution in [3.63, 3.8) is 0 Å². The van der Waals surface area contributed by atoms with Crippen LogP contribution in [-0.4, -0.2) is 35.5 Å². The lowest BCUT2D eigenvalue weighted by atomic mass is 10.1. The second kappa shape index (κ2) is 6.92. The fourth-order valence-electron chi connectivity index (χ4n) is 1.83. The van der Waals surface area contributed by atoms with Crippen molar-refractivity contribution in [1.82, 2.24) is 10.1 Å². The predicted molar refractivity (Wildman–Crippen MR) is 71.6 cm³/mol. The van der Waals surface area contributed by atoms with Gasteiger partial charge in [0.05, 0.1) is 6.54 Å². The number of carbonyl (C=O) groups excluding carboxylic acids is 2. The molecule has 2 amide bonds. The molecule has 0 saturated heterocycles. The number of aromatic nitrogens is 1. The first-order chi connectivity index (χ1) is 8.93. The summed E-state index contributed by atoms with van der Waals surface area (Å²) in [6.45, 7) is 5.66. The number of rotatable bonds is 6. The first-order valence-electron chi connectivity index (χ1n) is 6.42. The minimum Gasteiger partial charge on any atom is -0.360 e. The van der Waals surface area contributed by atoms with Crippen LogP contribution in [0, 0.1) is 12.8 Å². The van der Waals surface area contributed by atoms with Crippen LogP contribution in [0.15, 0.2) is 10.6 Å². The maximum Gasteiger partial charge on any atom is 0.245 e. The molecule has 0 aliphatic heterocycles. The number of nitrogens with one attached hydrogen (secondary N) is 1. The Bertz CT molecular complexity index is 442. The number of likely N-dealkylation sites (N-methyl/N-ethyl adjacent to an activating group) is 1. The molecule has 1 unspecified atom stereocenters. The van der Waals surface area contributed by atoms with Crippen LogP contribution in [0.2, 0.25) is 0 Å². The van der Waals surface area contributed by atoms with E-state index in [1.165, 1.54) is 4.90 Å². The molecule has 0 bridgehead atoms. The maximum absolute atomic E-state index is 11.9. The standard InChI is InChI=1S/C13H21N3O3/c1-5-6-9(2)13(18)16(4)8-12(17)14-11-7-10(3)19-15-11/h7,9H,5-6,8H2,1-4H3,(H,14,15,17). The fraction of sp³-hybridized carbons (Fsp3) is 0.615. The summed E-state index contributed by atoms with van der Waals surface area (Å²) in [7, 11) is 1.63. The Balaban J connectivity index is 2.45. The fourth-order valence-corrected chi connectivity index (χ4v) is 1.83. The van der Waals surface area contributed by atoms with Gasteiger partial charge in [-0.2, -0.15) is 0 Å². The normalized spacial score (nSPS) is 12.0. The number of anilines is 1. The highest BCUT2D eigenvalue weighted by Crippen LogP contribution is 2.09. The van der Waals surface area contributed by atoms with Crippen LogP contribution in [0.25, 0.3) is 0 Å². The Hall–Kier alpha value is -1.85. The number of aryl methyl sites for hydroxylation is 1. The van der Waals surface area contributed by atoms with Crippen LogP contribution in [0.3, 0.4) is 0 Å². The summed E-state index contributed by atoms with van der Waals surface area (Å²) >= 11 is 0. The van der Waals surface area contributed by atoms with E-state index in [-0.39, 0.29) is 24.3 Å². The zero-order valence-electron chi connectivity index (χ0n) is 11.9. The molecule has 0 aromatic carbocycles. The van der Waals surface area contributed by atoms with Crippen LogP contribution in [0.1, 0.15) is 32.4 Å². The van der Waals surface area contributed by atoms with Crippen molar-refractivity contribution in [2.75, 3.05) is 18.9 Å². The van der Waals surface area contributed by atoms with Gasteiger partial charge in [-0.1, -0.05) is 25.4 Å². The quantitative estimate of drug-likeness (QED) is 0.853. The van der Waals surface area contributed by atoms with Crippen molar-refractivity contribution in [3.8, 4) is 0 Å². The molecule has 0 saturated carbocycles. The highest BCUT2D eigenvalue weighted by Gasteiger charge is 2.19. The van der Waals surface area contributed by atoms with E-state index in [1.54, 1.807) is 20.0 Å². The summed E-state index contributed by atoms with van der Waals surface area (Å²) in [5.41, 5.74) is 0. The Morgan fingerprint density at radius 2 is 2.21 bits per heavy atom. The number of hydrogen-bond acceptors (Lipinski definition) is 4. The maximum atomic E-state index is 11.9. The second-order valence-electron chi connectivity index (χ2n) is 4.76. The van der Waals surface area contributed by atoms with Crippen LogP contribution in [-0.2, 0) is 9.59 Å². The smallest absolute Gasteiger partial charge is 0.245 e. The van der Waals surface area contributed by atoms with Crippen molar-refractivity contribution >= 4 is 17.6 Å². The monoisotopic (exact) mass is 267 g/mol. The second-order valence-corrected chi connectivity index (χ2v) is 4.76. The summed E-state index contributed by atoms with van der Waals surface area (Å²) in [5.74, 6) is 0.625. The van der Waals surface area contributed by atoms with Crippen molar-refractivity contribution in [2.45, 2.75) is 33.6 Å². The molecule has 1 rings (SSSR count). The Morgan fingerprint density at radius 3 is 2.74 bits per heavy atom. The molecule has 0 aliphatic rings. The largest absolute Gasteiger partial charge is 0.360 e. The minimum absolute atomic E-state index is 0.0127. The molecule has 0 spiro atoms. The van der Waals surface area contributed by atoms with Gasteiger partial charge < -0.3 is 14.7 Å². The van der Waals surface area contributed by atoms with E-state index >= 15 is 0 Å². The van der Waals surface area contributed by atoms with E-state index in [2.05, 4.69) is 10.5 Å². The molecule has 106 valence electrons. The van der Waals surface area contributed by atoms with E-state index in [1.807, 2.05) is 13.8 Å². The highest BCUT2D eigenvalue weighted by molar-refractivity contribution is 5.93. The van der Waals surface area contributed by atoms with Crippen LogP contribution in [0.4, 0.5) is 5.82 Å². The highest BCUT2D eigenvalue weighted by atomic mass is 16.5. The lowest BCUT2D eigenvalue weighted by Gasteiger charge is -2.20. The Morgan fingerprint density at radius 1 is 1.53 bits per heavy atom. The summed E-state index contributed by atoms with van der Waals surface area (Å²) in [6, 6.07) is 1.62. The van der Waals surface area contributed by atoms with Gasteiger partial charge in [0.15, 0.2) is 5.82 Å². The van der Waals surface area contributed by atoms with E-state index in [9.17, 15) is 9.59 Å². The van der Waals surface area contributed by atoms with Crippen LogP contribution < -0.4 is 5.32 Å². The van der Waals surface area contributed by atoms with Gasteiger partial charge in [0.2, 0.25) is 11.8 Å². The minimum atomic E-state index is -0.284. The van der Waals surface area contributed by atoms with Gasteiger partial charge in [-0.05, 0) is 13.3 Å². The van der Waals surface area contributed by atoms with Crippen molar-refractivity contribution in [2.24, 2.45) is 5.92 Å². The lowest BCUT2D eigenvalue weighted by Crippen LogP contribution is -2.37. The molecule has 1 N–H and O–H groups in total. The van der Waals surface area contributed by atoms with Crippen molar-refractivity contribution < 1.29 is 14.1 Å². The average molecular weight is 267 g/mol. The van der Waals surface area contributed by atoms with Gasteiger partial charge >= 0.3 is 0 Å². The van der Waals surface area contributed by atoms with Gasteiger partial charge in [-0.3, -0.25) is 9.59 Å². The van der Waals surface area contributed by atoms with E-state index in [0.29, 0.717) is 11.6 Å². The van der Waals surface area contributed by atoms with Crippen LogP contribution in [0.5, 0.6) is 0 Å². The van der Waals surface area contributed by atoms with Gasteiger partial charge in [0.1, 0.15) is 5.76 Å². The molecule has 0 aliphatic carbocycles. The molecular weight excluding hydrogens is 246 g/mol. The molecule has 6 nitrogen and oxygen atoms in total. The summed E-state index contributed by atoms with van der Waals surface area (Å²) in [6.07, 6.45) is 1.78. The molecule has 1 atom stereocenters. The van der Waals surface area contributed by atoms with Gasteiger partial charge in [0.25, 0.3) is 0 Å². The summed E-state index contributed by atoms with van der Waals surface area (Å²) in [5, 5.41) is 6.24. The topological polar surface area (TPSA) is 75.4 Å².